The molecule has 8 heteroatoms. The zero-order valence-corrected chi connectivity index (χ0v) is 14.8. The fourth-order valence-corrected chi connectivity index (χ4v) is 3.82. The molecule has 3 amide bonds. The van der Waals surface area contributed by atoms with E-state index in [1.807, 2.05) is 0 Å². The summed E-state index contributed by atoms with van der Waals surface area (Å²) in [7, 11) is 0. The Morgan fingerprint density at radius 1 is 1.04 bits per heavy atom. The Hall–Kier alpha value is -3.55. The van der Waals surface area contributed by atoms with E-state index in [2.05, 4.69) is 5.32 Å². The molecular formula is C20H16N2O6. The van der Waals surface area contributed by atoms with Gasteiger partial charge in [-0.15, -0.1) is 0 Å². The minimum atomic E-state index is -1.19. The lowest BCUT2D eigenvalue weighted by Gasteiger charge is -2.33. The summed E-state index contributed by atoms with van der Waals surface area (Å²) in [6, 6.07) is 11.3. The number of hydrogen-bond acceptors (Lipinski definition) is 6. The average Bonchev–Trinajstić information content (AvgIpc) is 3.27. The zero-order chi connectivity index (χ0) is 19.3. The highest BCUT2D eigenvalue weighted by atomic mass is 16.7. The highest BCUT2D eigenvalue weighted by Crippen LogP contribution is 2.41. The van der Waals surface area contributed by atoms with Gasteiger partial charge in [0, 0.05) is 17.5 Å². The van der Waals surface area contributed by atoms with Crippen molar-refractivity contribution in [3.63, 3.8) is 0 Å². The van der Waals surface area contributed by atoms with E-state index in [1.165, 1.54) is 0 Å². The SMILES string of the molecule is O=C(CN1C(=O)NC2(CCOc3ccccc32)C1=O)c1ccc2c(c1)OCO2. The van der Waals surface area contributed by atoms with Gasteiger partial charge in [-0.2, -0.15) is 0 Å². The smallest absolute Gasteiger partial charge is 0.325 e. The second-order valence-corrected chi connectivity index (χ2v) is 6.81. The summed E-state index contributed by atoms with van der Waals surface area (Å²) >= 11 is 0. The van der Waals surface area contributed by atoms with Gasteiger partial charge in [0.15, 0.2) is 22.8 Å². The molecule has 1 saturated heterocycles. The van der Waals surface area contributed by atoms with Gasteiger partial charge in [0.05, 0.1) is 13.2 Å². The van der Waals surface area contributed by atoms with Crippen molar-refractivity contribution in [2.24, 2.45) is 0 Å². The molecule has 3 aliphatic heterocycles. The second-order valence-electron chi connectivity index (χ2n) is 6.81. The molecule has 28 heavy (non-hydrogen) atoms. The number of carbonyl (C=O) groups excluding carboxylic acids is 3. The molecule has 1 spiro atoms. The topological polar surface area (TPSA) is 94.2 Å². The third-order valence-corrected chi connectivity index (χ3v) is 5.25. The van der Waals surface area contributed by atoms with Crippen molar-refractivity contribution >= 4 is 17.7 Å². The number of nitrogens with zero attached hydrogens (tertiary/aromatic N) is 1. The quantitative estimate of drug-likeness (QED) is 0.645. The highest BCUT2D eigenvalue weighted by molar-refractivity contribution is 6.11. The van der Waals surface area contributed by atoms with Gasteiger partial charge < -0.3 is 19.5 Å². The molecule has 0 aromatic heterocycles. The number of fused-ring (bicyclic) bond motifs is 3. The van der Waals surface area contributed by atoms with E-state index in [0.717, 1.165) is 4.90 Å². The lowest BCUT2D eigenvalue weighted by molar-refractivity contribution is -0.132. The number of hydrogen-bond donors (Lipinski definition) is 1. The Balaban J connectivity index is 1.42. The molecule has 0 bridgehead atoms. The number of imide groups is 1. The first-order valence-corrected chi connectivity index (χ1v) is 8.88. The largest absolute Gasteiger partial charge is 0.493 e. The van der Waals surface area contributed by atoms with E-state index in [9.17, 15) is 14.4 Å². The van der Waals surface area contributed by atoms with E-state index in [-0.39, 0.29) is 19.1 Å². The molecular weight excluding hydrogens is 364 g/mol. The highest BCUT2D eigenvalue weighted by Gasteiger charge is 2.55. The first kappa shape index (κ1) is 16.6. The number of ether oxygens (including phenoxy) is 3. The maximum Gasteiger partial charge on any atom is 0.325 e. The van der Waals surface area contributed by atoms with Crippen LogP contribution in [-0.4, -0.2) is 42.6 Å². The van der Waals surface area contributed by atoms with Gasteiger partial charge in [-0.05, 0) is 24.3 Å². The molecule has 1 atom stereocenters. The molecule has 1 unspecified atom stereocenters. The predicted molar refractivity (Wildman–Crippen MR) is 95.4 cm³/mol. The minimum absolute atomic E-state index is 0.101. The monoisotopic (exact) mass is 380 g/mol. The summed E-state index contributed by atoms with van der Waals surface area (Å²) in [5.41, 5.74) is -0.239. The number of Topliss-reactive ketones (excluding diaryl/α,β-unsaturated/α-hetero) is 1. The van der Waals surface area contributed by atoms with Gasteiger partial charge in [0.2, 0.25) is 6.79 Å². The molecule has 3 aliphatic rings. The van der Waals surface area contributed by atoms with E-state index in [4.69, 9.17) is 14.2 Å². The maximum absolute atomic E-state index is 13.2. The molecule has 0 aliphatic carbocycles. The molecule has 142 valence electrons. The number of urea groups is 1. The third-order valence-electron chi connectivity index (χ3n) is 5.25. The molecule has 1 fully saturated rings. The summed E-state index contributed by atoms with van der Waals surface area (Å²) in [5, 5.41) is 2.78. The van der Waals surface area contributed by atoms with Crippen molar-refractivity contribution in [1.29, 1.82) is 0 Å². The summed E-state index contributed by atoms with van der Waals surface area (Å²) in [4.78, 5) is 39.5. The average molecular weight is 380 g/mol. The van der Waals surface area contributed by atoms with Gasteiger partial charge in [0.25, 0.3) is 5.91 Å². The third kappa shape index (κ3) is 2.34. The van der Waals surface area contributed by atoms with Crippen LogP contribution in [0.3, 0.4) is 0 Å². The lowest BCUT2D eigenvalue weighted by Crippen LogP contribution is -2.47. The number of amides is 3. The van der Waals surface area contributed by atoms with Crippen LogP contribution >= 0.6 is 0 Å². The molecule has 2 aromatic rings. The fourth-order valence-electron chi connectivity index (χ4n) is 3.82. The Labute approximate surface area is 160 Å². The van der Waals surface area contributed by atoms with Crippen molar-refractivity contribution in [2.45, 2.75) is 12.0 Å². The zero-order valence-electron chi connectivity index (χ0n) is 14.8. The molecule has 8 nitrogen and oxygen atoms in total. The van der Waals surface area contributed by atoms with Gasteiger partial charge in [-0.25, -0.2) is 4.79 Å². The lowest BCUT2D eigenvalue weighted by atomic mass is 9.84. The van der Waals surface area contributed by atoms with Crippen LogP contribution < -0.4 is 19.5 Å². The molecule has 3 heterocycles. The Kier molecular flexibility index (Phi) is 3.55. The normalized spacial score (nSPS) is 22.1. The fraction of sp³-hybridized carbons (Fsp3) is 0.250. The Bertz CT molecular complexity index is 1020. The van der Waals surface area contributed by atoms with Crippen LogP contribution in [0.5, 0.6) is 17.2 Å². The number of nitrogens with one attached hydrogen (secondary N) is 1. The van der Waals surface area contributed by atoms with Crippen LogP contribution in [0.1, 0.15) is 22.3 Å². The number of carbonyl (C=O) groups is 3. The second kappa shape index (κ2) is 5.98. The molecule has 1 N–H and O–H groups in total. The molecule has 2 aromatic carbocycles. The molecule has 5 rings (SSSR count). The minimum Gasteiger partial charge on any atom is -0.493 e. The first-order chi connectivity index (χ1) is 13.6. The van der Waals surface area contributed by atoms with Crippen LogP contribution in [0.25, 0.3) is 0 Å². The predicted octanol–water partition coefficient (Wildman–Crippen LogP) is 1.83. The van der Waals surface area contributed by atoms with Crippen LogP contribution in [-0.2, 0) is 10.3 Å². The number of para-hydroxylation sites is 1. The summed E-state index contributed by atoms with van der Waals surface area (Å²) in [6.45, 7) is 0.0477. The van der Waals surface area contributed by atoms with Gasteiger partial charge in [0.1, 0.15) is 5.75 Å². The van der Waals surface area contributed by atoms with Gasteiger partial charge in [-0.1, -0.05) is 18.2 Å². The first-order valence-electron chi connectivity index (χ1n) is 8.88. The van der Waals surface area contributed by atoms with E-state index < -0.39 is 17.5 Å². The Morgan fingerprint density at radius 2 is 1.86 bits per heavy atom. The number of benzene rings is 2. The van der Waals surface area contributed by atoms with Crippen LogP contribution in [0, 0.1) is 0 Å². The van der Waals surface area contributed by atoms with Crippen molar-refractivity contribution < 1.29 is 28.6 Å². The van der Waals surface area contributed by atoms with E-state index >= 15 is 0 Å². The molecule has 0 radical (unpaired) electrons. The number of ketones is 1. The van der Waals surface area contributed by atoms with E-state index in [0.29, 0.717) is 41.4 Å². The van der Waals surface area contributed by atoms with Crippen molar-refractivity contribution in [2.75, 3.05) is 19.9 Å². The maximum atomic E-state index is 13.2. The van der Waals surface area contributed by atoms with Crippen LogP contribution in [0.2, 0.25) is 0 Å². The standard InChI is InChI=1S/C20H16N2O6/c23-14(12-5-6-16-17(9-12)28-11-27-16)10-22-18(24)20(21-19(22)25)7-8-26-15-4-2-1-3-13(15)20/h1-6,9H,7-8,10-11H2,(H,21,25). The Morgan fingerprint density at radius 3 is 2.75 bits per heavy atom. The number of rotatable bonds is 3. The van der Waals surface area contributed by atoms with E-state index in [1.54, 1.807) is 42.5 Å². The molecule has 0 saturated carbocycles. The van der Waals surface area contributed by atoms with Crippen molar-refractivity contribution in [3.05, 3.63) is 53.6 Å². The summed E-state index contributed by atoms with van der Waals surface area (Å²) < 4.78 is 16.1. The van der Waals surface area contributed by atoms with Crippen LogP contribution in [0.4, 0.5) is 4.79 Å². The van der Waals surface area contributed by atoms with Crippen molar-refractivity contribution in [3.8, 4) is 17.2 Å². The summed E-state index contributed by atoms with van der Waals surface area (Å²) in [5.74, 6) is 0.787. The van der Waals surface area contributed by atoms with Crippen LogP contribution in [0.15, 0.2) is 42.5 Å². The van der Waals surface area contributed by atoms with Crippen molar-refractivity contribution in [1.82, 2.24) is 10.2 Å². The van der Waals surface area contributed by atoms with Gasteiger partial charge in [-0.3, -0.25) is 14.5 Å². The summed E-state index contributed by atoms with van der Waals surface area (Å²) in [6.07, 6.45) is 0.309. The van der Waals surface area contributed by atoms with Gasteiger partial charge >= 0.3 is 6.03 Å².